The van der Waals surface area contributed by atoms with Gasteiger partial charge in [-0.25, -0.2) is 4.79 Å². The summed E-state index contributed by atoms with van der Waals surface area (Å²) >= 11 is 5.96. The van der Waals surface area contributed by atoms with Gasteiger partial charge in [-0.05, 0) is 31.0 Å². The standard InChI is InChI=1S/C17H19ClN4O3/c1-2-6-19-17(25)20-11-5-7-22-14(9-11)15(23)21-13-8-10(18)3-4-12(13)16(22)24/h2-4,8,11,14H,1,5-7,9H2,(H,21,23)(H2,19,20,25)/t11-,14+/m1/s1. The number of urea groups is 1. The second kappa shape index (κ2) is 7.14. The van der Waals surface area contributed by atoms with Gasteiger partial charge in [0.05, 0.1) is 11.3 Å². The predicted octanol–water partition coefficient (Wildman–Crippen LogP) is 1.75. The van der Waals surface area contributed by atoms with Gasteiger partial charge in [0, 0.05) is 24.2 Å². The smallest absolute Gasteiger partial charge is 0.315 e. The maximum absolute atomic E-state index is 12.8. The lowest BCUT2D eigenvalue weighted by atomic mass is 9.96. The Kier molecular flexibility index (Phi) is 4.94. The van der Waals surface area contributed by atoms with Gasteiger partial charge in [0.25, 0.3) is 5.91 Å². The highest BCUT2D eigenvalue weighted by Gasteiger charge is 2.40. The molecule has 2 aliphatic rings. The number of carbonyl (C=O) groups is 3. The van der Waals surface area contributed by atoms with Crippen molar-refractivity contribution in [3.63, 3.8) is 0 Å². The number of hydrogen-bond donors (Lipinski definition) is 3. The first-order valence-electron chi connectivity index (χ1n) is 8.06. The fraction of sp³-hybridized carbons (Fsp3) is 0.353. The lowest BCUT2D eigenvalue weighted by Crippen LogP contribution is -2.56. The molecule has 0 bridgehead atoms. The van der Waals surface area contributed by atoms with Crippen LogP contribution in [0.5, 0.6) is 0 Å². The van der Waals surface area contributed by atoms with E-state index in [4.69, 9.17) is 11.6 Å². The Morgan fingerprint density at radius 2 is 2.24 bits per heavy atom. The van der Waals surface area contributed by atoms with Gasteiger partial charge in [0.2, 0.25) is 5.91 Å². The molecule has 132 valence electrons. The molecule has 2 atom stereocenters. The lowest BCUT2D eigenvalue weighted by molar-refractivity contribution is -0.121. The minimum absolute atomic E-state index is 0.186. The Hall–Kier alpha value is -2.54. The van der Waals surface area contributed by atoms with Crippen LogP contribution in [0.3, 0.4) is 0 Å². The Balaban J connectivity index is 1.75. The maximum atomic E-state index is 12.8. The highest BCUT2D eigenvalue weighted by atomic mass is 35.5. The number of halogens is 1. The van der Waals surface area contributed by atoms with Crippen LogP contribution in [0.25, 0.3) is 0 Å². The second-order valence-electron chi connectivity index (χ2n) is 6.06. The van der Waals surface area contributed by atoms with Gasteiger partial charge in [-0.15, -0.1) is 6.58 Å². The Bertz CT molecular complexity index is 737. The molecule has 8 heteroatoms. The third kappa shape index (κ3) is 3.61. The Morgan fingerprint density at radius 1 is 1.44 bits per heavy atom. The van der Waals surface area contributed by atoms with Crippen molar-refractivity contribution in [3.8, 4) is 0 Å². The number of anilines is 1. The van der Waals surface area contributed by atoms with Crippen molar-refractivity contribution < 1.29 is 14.4 Å². The zero-order valence-electron chi connectivity index (χ0n) is 13.5. The molecular formula is C17H19ClN4O3. The van der Waals surface area contributed by atoms with Gasteiger partial charge in [0.1, 0.15) is 6.04 Å². The van der Waals surface area contributed by atoms with Crippen molar-refractivity contribution >= 4 is 35.1 Å². The van der Waals surface area contributed by atoms with Gasteiger partial charge in [0.15, 0.2) is 0 Å². The van der Waals surface area contributed by atoms with Crippen LogP contribution in [-0.4, -0.2) is 47.9 Å². The maximum Gasteiger partial charge on any atom is 0.315 e. The number of rotatable bonds is 3. The average Bonchev–Trinajstić information content (AvgIpc) is 2.68. The van der Waals surface area contributed by atoms with Crippen molar-refractivity contribution in [3.05, 3.63) is 41.4 Å². The van der Waals surface area contributed by atoms with Crippen molar-refractivity contribution in [1.82, 2.24) is 15.5 Å². The largest absolute Gasteiger partial charge is 0.335 e. The van der Waals surface area contributed by atoms with E-state index in [1.165, 1.54) is 0 Å². The van der Waals surface area contributed by atoms with Crippen molar-refractivity contribution in [2.45, 2.75) is 24.9 Å². The van der Waals surface area contributed by atoms with E-state index in [9.17, 15) is 14.4 Å². The summed E-state index contributed by atoms with van der Waals surface area (Å²) in [5.74, 6) is -0.475. The number of amides is 4. The van der Waals surface area contributed by atoms with E-state index in [1.54, 1.807) is 29.2 Å². The number of benzene rings is 1. The SMILES string of the molecule is C=CCNC(=O)N[C@@H]1CCN2C(=O)c3ccc(Cl)cc3NC(=O)[C@@H]2C1. The highest BCUT2D eigenvalue weighted by Crippen LogP contribution is 2.30. The third-order valence-corrected chi connectivity index (χ3v) is 4.61. The van der Waals surface area contributed by atoms with Crippen LogP contribution < -0.4 is 16.0 Å². The van der Waals surface area contributed by atoms with Crippen LogP contribution in [0.2, 0.25) is 5.02 Å². The van der Waals surface area contributed by atoms with Crippen LogP contribution in [0.15, 0.2) is 30.9 Å². The van der Waals surface area contributed by atoms with E-state index in [2.05, 4.69) is 22.5 Å². The number of carbonyl (C=O) groups excluding carboxylic acids is 3. The molecule has 0 aliphatic carbocycles. The zero-order chi connectivity index (χ0) is 18.0. The molecule has 4 amide bonds. The quantitative estimate of drug-likeness (QED) is 0.715. The third-order valence-electron chi connectivity index (χ3n) is 4.38. The molecule has 1 saturated heterocycles. The average molecular weight is 363 g/mol. The molecule has 0 unspecified atom stereocenters. The van der Waals surface area contributed by atoms with Crippen molar-refractivity contribution in [2.75, 3.05) is 18.4 Å². The van der Waals surface area contributed by atoms with Gasteiger partial charge >= 0.3 is 6.03 Å². The van der Waals surface area contributed by atoms with Gasteiger partial charge in [-0.1, -0.05) is 17.7 Å². The summed E-state index contributed by atoms with van der Waals surface area (Å²) in [7, 11) is 0. The van der Waals surface area contributed by atoms with Gasteiger partial charge in [-0.2, -0.15) is 0 Å². The first kappa shape index (κ1) is 17.3. The van der Waals surface area contributed by atoms with E-state index in [0.717, 1.165) is 0 Å². The first-order valence-corrected chi connectivity index (χ1v) is 8.44. The van der Waals surface area contributed by atoms with Crippen LogP contribution >= 0.6 is 11.6 Å². The summed E-state index contributed by atoms with van der Waals surface area (Å²) in [5, 5.41) is 8.70. The van der Waals surface area contributed by atoms with Crippen LogP contribution in [0.1, 0.15) is 23.2 Å². The van der Waals surface area contributed by atoms with Crippen molar-refractivity contribution in [1.29, 1.82) is 0 Å². The minimum atomic E-state index is -0.628. The molecule has 0 radical (unpaired) electrons. The fourth-order valence-corrected chi connectivity index (χ4v) is 3.34. The van der Waals surface area contributed by atoms with E-state index >= 15 is 0 Å². The number of piperidine rings is 1. The number of nitrogens with zero attached hydrogens (tertiary/aromatic N) is 1. The summed E-state index contributed by atoms with van der Waals surface area (Å²) in [6, 6.07) is 3.70. The molecule has 7 nitrogen and oxygen atoms in total. The number of hydrogen-bond acceptors (Lipinski definition) is 3. The molecule has 2 heterocycles. The first-order chi connectivity index (χ1) is 12.0. The minimum Gasteiger partial charge on any atom is -0.335 e. The summed E-state index contributed by atoms with van der Waals surface area (Å²) in [5.41, 5.74) is 0.848. The molecule has 25 heavy (non-hydrogen) atoms. The number of fused-ring (bicyclic) bond motifs is 2. The highest BCUT2D eigenvalue weighted by molar-refractivity contribution is 6.31. The van der Waals surface area contributed by atoms with E-state index in [-0.39, 0.29) is 23.9 Å². The molecule has 0 saturated carbocycles. The zero-order valence-corrected chi connectivity index (χ0v) is 14.3. The molecule has 0 spiro atoms. The van der Waals surface area contributed by atoms with E-state index in [1.807, 2.05) is 0 Å². The van der Waals surface area contributed by atoms with Gasteiger partial charge in [-0.3, -0.25) is 9.59 Å². The fourth-order valence-electron chi connectivity index (χ4n) is 3.17. The predicted molar refractivity (Wildman–Crippen MR) is 94.7 cm³/mol. The summed E-state index contributed by atoms with van der Waals surface area (Å²) < 4.78 is 0. The summed E-state index contributed by atoms with van der Waals surface area (Å²) in [4.78, 5) is 38.7. The monoisotopic (exact) mass is 362 g/mol. The molecule has 2 aliphatic heterocycles. The molecular weight excluding hydrogens is 344 g/mol. The lowest BCUT2D eigenvalue weighted by Gasteiger charge is -2.37. The van der Waals surface area contributed by atoms with Crippen LogP contribution in [0.4, 0.5) is 10.5 Å². The molecule has 1 aromatic rings. The molecule has 1 aromatic carbocycles. The van der Waals surface area contributed by atoms with Gasteiger partial charge < -0.3 is 20.9 Å². The van der Waals surface area contributed by atoms with E-state index < -0.39 is 6.04 Å². The summed E-state index contributed by atoms with van der Waals surface area (Å²) in [6.07, 6.45) is 2.53. The molecule has 0 aromatic heterocycles. The molecule has 3 rings (SSSR count). The second-order valence-corrected chi connectivity index (χ2v) is 6.49. The van der Waals surface area contributed by atoms with Crippen molar-refractivity contribution in [2.24, 2.45) is 0 Å². The Morgan fingerprint density at radius 3 is 3.00 bits per heavy atom. The Labute approximate surface area is 150 Å². The summed E-state index contributed by atoms with van der Waals surface area (Å²) in [6.45, 7) is 4.30. The molecule has 3 N–H and O–H groups in total. The number of nitrogens with one attached hydrogen (secondary N) is 3. The van der Waals surface area contributed by atoms with Crippen LogP contribution in [-0.2, 0) is 4.79 Å². The topological polar surface area (TPSA) is 90.5 Å². The normalized spacial score (nSPS) is 22.2. The molecule has 1 fully saturated rings. The van der Waals surface area contributed by atoms with E-state index in [0.29, 0.717) is 42.2 Å². The van der Waals surface area contributed by atoms with Crippen LogP contribution in [0, 0.1) is 0 Å².